The maximum absolute atomic E-state index is 14.2. The molecule has 1 amide bonds. The second-order valence-electron chi connectivity index (χ2n) is 8.88. The number of carbonyl (C=O) groups excluding carboxylic acids is 1. The molecule has 0 saturated carbocycles. The largest absolute Gasteiger partial charge is 0.493 e. The van der Waals surface area contributed by atoms with Gasteiger partial charge < -0.3 is 29.3 Å². The topological polar surface area (TPSA) is 75.3 Å². The predicted octanol–water partition coefficient (Wildman–Crippen LogP) is 5.51. The van der Waals surface area contributed by atoms with E-state index in [0.29, 0.717) is 22.1 Å². The summed E-state index contributed by atoms with van der Waals surface area (Å²) < 4.78 is 85.0. The summed E-state index contributed by atoms with van der Waals surface area (Å²) in [5, 5.41) is 5.70. The molecular weight excluding hydrogens is 607 g/mol. The van der Waals surface area contributed by atoms with E-state index in [2.05, 4.69) is 10.6 Å². The Kier molecular flexibility index (Phi) is 9.46. The highest BCUT2D eigenvalue weighted by Gasteiger charge is 2.31. The quantitative estimate of drug-likeness (QED) is 0.153. The molecule has 42 heavy (non-hydrogen) atoms. The highest BCUT2D eigenvalue weighted by molar-refractivity contribution is 7.80. The van der Waals surface area contributed by atoms with Crippen molar-refractivity contribution in [3.8, 4) is 17.2 Å². The van der Waals surface area contributed by atoms with Gasteiger partial charge in [0.15, 0.2) is 39.9 Å². The molecule has 1 heterocycles. The first-order chi connectivity index (χ1) is 20.0. The van der Waals surface area contributed by atoms with Crippen molar-refractivity contribution in [2.75, 3.05) is 62.6 Å². The first-order valence-electron chi connectivity index (χ1n) is 12.2. The molecule has 1 fully saturated rings. The number of benzene rings is 3. The predicted molar refractivity (Wildman–Crippen MR) is 152 cm³/mol. The number of hydrogen-bond acceptors (Lipinski definition) is 7. The number of thiocarbonyl (C=S) groups is 1. The molecule has 8 nitrogen and oxygen atoms in total. The number of nitrogens with zero attached hydrogens (tertiary/aromatic N) is 2. The van der Waals surface area contributed by atoms with Crippen molar-refractivity contribution in [1.82, 2.24) is 5.32 Å². The van der Waals surface area contributed by atoms with Crippen LogP contribution < -0.4 is 34.6 Å². The molecule has 1 aliphatic heterocycles. The fraction of sp³-hybridized carbons (Fsp3) is 0.259. The van der Waals surface area contributed by atoms with Crippen LogP contribution >= 0.6 is 23.8 Å². The van der Waals surface area contributed by atoms with Gasteiger partial charge in [-0.15, -0.1) is 0 Å². The van der Waals surface area contributed by atoms with Crippen LogP contribution in [0.2, 0.25) is 5.02 Å². The average molecular weight is 631 g/mol. The maximum Gasteiger partial charge on any atom is 0.257 e. The number of hydrogen-bond donors (Lipinski definition) is 2. The summed E-state index contributed by atoms with van der Waals surface area (Å²) in [5.74, 6) is -9.57. The number of carbonyl (C=O) groups is 1. The fourth-order valence-corrected chi connectivity index (χ4v) is 4.94. The van der Waals surface area contributed by atoms with E-state index in [1.165, 1.54) is 33.5 Å². The number of ether oxygens (including phenoxy) is 3. The molecule has 0 bridgehead atoms. The van der Waals surface area contributed by atoms with Crippen molar-refractivity contribution in [3.05, 3.63) is 70.0 Å². The zero-order valence-electron chi connectivity index (χ0n) is 22.4. The normalized spacial score (nSPS) is 13.1. The van der Waals surface area contributed by atoms with Gasteiger partial charge in [-0.3, -0.25) is 10.1 Å². The van der Waals surface area contributed by atoms with Gasteiger partial charge in [-0.05, 0) is 42.5 Å². The smallest absolute Gasteiger partial charge is 0.257 e. The molecule has 224 valence electrons. The third-order valence-corrected chi connectivity index (χ3v) is 6.99. The van der Waals surface area contributed by atoms with Crippen LogP contribution in [0.1, 0.15) is 10.4 Å². The lowest BCUT2D eigenvalue weighted by Gasteiger charge is -2.38. The molecule has 0 atom stereocenters. The molecule has 4 rings (SSSR count). The summed E-state index contributed by atoms with van der Waals surface area (Å²) in [6.45, 7) is 0.335. The summed E-state index contributed by atoms with van der Waals surface area (Å²) in [6, 6.07) is 7.82. The molecule has 1 aliphatic rings. The number of rotatable bonds is 7. The zero-order valence-corrected chi connectivity index (χ0v) is 24.0. The third-order valence-electron chi connectivity index (χ3n) is 6.48. The monoisotopic (exact) mass is 630 g/mol. The SMILES string of the molecule is COc1cc(C(=O)NC(=S)Nc2ccc(N3CCN(c4c(F)c(F)c(F)c(F)c4F)CC3)c(Cl)c2)cc(OC)c1OC. The molecule has 0 unspecified atom stereocenters. The van der Waals surface area contributed by atoms with Gasteiger partial charge in [0.1, 0.15) is 5.69 Å². The molecular formula is C27H24ClF5N4O4S. The van der Waals surface area contributed by atoms with Gasteiger partial charge in [-0.25, -0.2) is 22.0 Å². The van der Waals surface area contributed by atoms with Crippen molar-refractivity contribution >= 4 is 51.9 Å². The van der Waals surface area contributed by atoms with Crippen molar-refractivity contribution < 1.29 is 41.0 Å². The van der Waals surface area contributed by atoms with Crippen LogP contribution in [0.3, 0.4) is 0 Å². The average Bonchev–Trinajstić information content (AvgIpc) is 2.98. The van der Waals surface area contributed by atoms with E-state index in [-0.39, 0.29) is 48.4 Å². The highest BCUT2D eigenvalue weighted by Crippen LogP contribution is 2.38. The summed E-state index contributed by atoms with van der Waals surface area (Å²) in [4.78, 5) is 15.7. The van der Waals surface area contributed by atoms with E-state index in [0.717, 1.165) is 4.90 Å². The minimum Gasteiger partial charge on any atom is -0.493 e. The van der Waals surface area contributed by atoms with Crippen LogP contribution in [-0.2, 0) is 0 Å². The molecule has 0 radical (unpaired) electrons. The molecule has 15 heteroatoms. The lowest BCUT2D eigenvalue weighted by molar-refractivity contribution is 0.0977. The van der Waals surface area contributed by atoms with Crippen LogP contribution in [0.4, 0.5) is 39.0 Å². The number of halogens is 6. The third kappa shape index (κ3) is 6.09. The number of piperazine rings is 1. The van der Waals surface area contributed by atoms with Crippen molar-refractivity contribution in [2.45, 2.75) is 0 Å². The standard InChI is InChI=1S/C27H24ClF5N4O4S/c1-39-17-10-13(11-18(40-2)25(17)41-3)26(38)35-27(42)34-14-4-5-16(15(28)12-14)36-6-8-37(9-7-36)24-22(32)20(30)19(29)21(31)23(24)33/h4-5,10-12H,6-9H2,1-3H3,(H2,34,35,38,42). The van der Waals surface area contributed by atoms with Gasteiger partial charge in [0.05, 0.1) is 32.0 Å². The molecule has 0 aromatic heterocycles. The summed E-state index contributed by atoms with van der Waals surface area (Å²) in [7, 11) is 4.29. The van der Waals surface area contributed by atoms with E-state index in [1.807, 2.05) is 0 Å². The minimum atomic E-state index is -2.20. The maximum atomic E-state index is 14.2. The molecule has 3 aromatic rings. The lowest BCUT2D eigenvalue weighted by Crippen LogP contribution is -2.47. The van der Waals surface area contributed by atoms with Gasteiger partial charge in [-0.2, -0.15) is 0 Å². The van der Waals surface area contributed by atoms with Crippen LogP contribution in [0, 0.1) is 29.1 Å². The molecule has 3 aromatic carbocycles. The number of methoxy groups -OCH3 is 3. The Morgan fingerprint density at radius 3 is 1.83 bits per heavy atom. The highest BCUT2D eigenvalue weighted by atomic mass is 35.5. The molecule has 0 aliphatic carbocycles. The Hall–Kier alpha value is -4.04. The van der Waals surface area contributed by atoms with Crippen molar-refractivity contribution in [2.24, 2.45) is 0 Å². The number of anilines is 3. The van der Waals surface area contributed by atoms with Crippen molar-refractivity contribution in [3.63, 3.8) is 0 Å². The van der Waals surface area contributed by atoms with Gasteiger partial charge in [0.25, 0.3) is 5.91 Å². The van der Waals surface area contributed by atoms with Gasteiger partial charge in [0.2, 0.25) is 11.6 Å². The molecule has 0 spiro atoms. The Labute approximate surface area is 247 Å². The summed E-state index contributed by atoms with van der Waals surface area (Å²) in [6.07, 6.45) is 0. The van der Waals surface area contributed by atoms with Crippen LogP contribution in [-0.4, -0.2) is 58.5 Å². The first-order valence-corrected chi connectivity index (χ1v) is 13.0. The summed E-state index contributed by atoms with van der Waals surface area (Å²) in [5.41, 5.74) is 0.275. The van der Waals surface area contributed by atoms with Gasteiger partial charge in [-0.1, -0.05) is 11.6 Å². The van der Waals surface area contributed by atoms with Crippen LogP contribution in [0.25, 0.3) is 0 Å². The second-order valence-corrected chi connectivity index (χ2v) is 9.70. The lowest BCUT2D eigenvalue weighted by atomic mass is 10.1. The van der Waals surface area contributed by atoms with Crippen LogP contribution in [0.15, 0.2) is 30.3 Å². The second kappa shape index (κ2) is 12.9. The minimum absolute atomic E-state index is 0.0194. The van der Waals surface area contributed by atoms with Crippen LogP contribution in [0.5, 0.6) is 17.2 Å². The van der Waals surface area contributed by atoms with Gasteiger partial charge in [0, 0.05) is 37.4 Å². The first kappa shape index (κ1) is 30.9. The Bertz CT molecular complexity index is 1480. The molecule has 1 saturated heterocycles. The van der Waals surface area contributed by atoms with E-state index in [1.54, 1.807) is 23.1 Å². The fourth-order valence-electron chi connectivity index (χ4n) is 4.43. The Morgan fingerprint density at radius 1 is 0.810 bits per heavy atom. The van der Waals surface area contributed by atoms with Gasteiger partial charge >= 0.3 is 0 Å². The van der Waals surface area contributed by atoms with E-state index >= 15 is 0 Å². The van der Waals surface area contributed by atoms with E-state index in [9.17, 15) is 26.7 Å². The number of nitrogens with one attached hydrogen (secondary N) is 2. The molecule has 2 N–H and O–H groups in total. The summed E-state index contributed by atoms with van der Waals surface area (Å²) >= 11 is 11.7. The van der Waals surface area contributed by atoms with E-state index in [4.69, 9.17) is 38.0 Å². The zero-order chi connectivity index (χ0) is 30.7. The van der Waals surface area contributed by atoms with Crippen molar-refractivity contribution in [1.29, 1.82) is 0 Å². The number of amides is 1. The Morgan fingerprint density at radius 2 is 1.33 bits per heavy atom. The van der Waals surface area contributed by atoms with E-state index < -0.39 is 40.7 Å². The Balaban J connectivity index is 1.40.